The van der Waals surface area contributed by atoms with Crippen molar-refractivity contribution in [1.82, 2.24) is 4.72 Å². The zero-order chi connectivity index (χ0) is 15.5. The summed E-state index contributed by atoms with van der Waals surface area (Å²) in [6, 6.07) is 8.72. The average molecular weight is 309 g/mol. The van der Waals surface area contributed by atoms with Gasteiger partial charge in [-0.05, 0) is 37.6 Å². The van der Waals surface area contributed by atoms with Gasteiger partial charge in [0.25, 0.3) is 0 Å². The first-order valence-electron chi connectivity index (χ1n) is 6.57. The second-order valence-corrected chi connectivity index (χ2v) is 6.60. The predicted octanol–water partition coefficient (Wildman–Crippen LogP) is 2.56. The number of hydrogen-bond donors (Lipinski definition) is 1. The van der Waals surface area contributed by atoms with Gasteiger partial charge in [0.05, 0.1) is 11.2 Å². The maximum absolute atomic E-state index is 12.4. The monoisotopic (exact) mass is 309 g/mol. The number of furan rings is 1. The molecule has 0 aliphatic rings. The van der Waals surface area contributed by atoms with Crippen molar-refractivity contribution in [3.05, 3.63) is 53.5 Å². The maximum atomic E-state index is 12.4. The van der Waals surface area contributed by atoms with E-state index >= 15 is 0 Å². The number of nitrogens with one attached hydrogen (secondary N) is 1. The van der Waals surface area contributed by atoms with Gasteiger partial charge in [-0.25, -0.2) is 13.1 Å². The fraction of sp³-hybridized carbons (Fsp3) is 0.333. The van der Waals surface area contributed by atoms with E-state index in [1.165, 1.54) is 13.4 Å². The Hall–Kier alpha value is -1.63. The largest absolute Gasteiger partial charge is 0.467 e. The minimum atomic E-state index is -3.58. The second-order valence-electron chi connectivity index (χ2n) is 4.86. The number of methoxy groups -OCH3 is 1. The summed E-state index contributed by atoms with van der Waals surface area (Å²) in [7, 11) is -2.06. The van der Waals surface area contributed by atoms with E-state index in [9.17, 15) is 8.42 Å². The number of hydrogen-bond acceptors (Lipinski definition) is 4. The van der Waals surface area contributed by atoms with Crippen LogP contribution < -0.4 is 4.72 Å². The van der Waals surface area contributed by atoms with Gasteiger partial charge in [-0.1, -0.05) is 17.7 Å². The highest BCUT2D eigenvalue weighted by Crippen LogP contribution is 2.19. The Morgan fingerprint density at radius 3 is 2.62 bits per heavy atom. The lowest BCUT2D eigenvalue weighted by molar-refractivity contribution is 0.0878. The van der Waals surface area contributed by atoms with Crippen LogP contribution in [-0.4, -0.2) is 22.1 Å². The molecule has 1 aromatic carbocycles. The molecule has 6 heteroatoms. The second kappa shape index (κ2) is 6.43. The van der Waals surface area contributed by atoms with Crippen molar-refractivity contribution in [2.45, 2.75) is 24.8 Å². The van der Waals surface area contributed by atoms with Crippen LogP contribution in [0.2, 0.25) is 0 Å². The van der Waals surface area contributed by atoms with Crippen molar-refractivity contribution in [2.75, 3.05) is 13.7 Å². The fourth-order valence-electron chi connectivity index (χ4n) is 2.14. The van der Waals surface area contributed by atoms with Crippen molar-refractivity contribution in [3.63, 3.8) is 0 Å². The van der Waals surface area contributed by atoms with Crippen LogP contribution in [0.3, 0.4) is 0 Å². The van der Waals surface area contributed by atoms with Crippen LogP contribution in [0.25, 0.3) is 0 Å². The molecule has 2 rings (SSSR count). The SMILES string of the molecule is COC(CNS(=O)(=O)c1ccc(C)cc1C)c1ccco1. The molecule has 0 aliphatic carbocycles. The van der Waals surface area contributed by atoms with E-state index in [1.54, 1.807) is 31.2 Å². The lowest BCUT2D eigenvalue weighted by Crippen LogP contribution is -2.29. The van der Waals surface area contributed by atoms with Crippen molar-refractivity contribution in [3.8, 4) is 0 Å². The van der Waals surface area contributed by atoms with Crippen LogP contribution in [0.1, 0.15) is 23.0 Å². The van der Waals surface area contributed by atoms with Crippen LogP contribution in [0.4, 0.5) is 0 Å². The van der Waals surface area contributed by atoms with Crippen LogP contribution >= 0.6 is 0 Å². The number of benzene rings is 1. The third-order valence-corrected chi connectivity index (χ3v) is 4.81. The van der Waals surface area contributed by atoms with E-state index < -0.39 is 16.1 Å². The molecule has 0 saturated carbocycles. The van der Waals surface area contributed by atoms with E-state index in [4.69, 9.17) is 9.15 Å². The highest BCUT2D eigenvalue weighted by molar-refractivity contribution is 7.89. The highest BCUT2D eigenvalue weighted by atomic mass is 32.2. The topological polar surface area (TPSA) is 68.5 Å². The van der Waals surface area contributed by atoms with Gasteiger partial charge < -0.3 is 9.15 Å². The molecule has 1 heterocycles. The van der Waals surface area contributed by atoms with Gasteiger partial charge >= 0.3 is 0 Å². The van der Waals surface area contributed by atoms with E-state index in [0.29, 0.717) is 5.76 Å². The molecule has 1 aromatic heterocycles. The molecule has 0 fully saturated rings. The van der Waals surface area contributed by atoms with Gasteiger partial charge in [0, 0.05) is 13.7 Å². The molecule has 0 bridgehead atoms. The molecule has 5 nitrogen and oxygen atoms in total. The van der Waals surface area contributed by atoms with Crippen molar-refractivity contribution in [1.29, 1.82) is 0 Å². The lowest BCUT2D eigenvalue weighted by atomic mass is 10.2. The van der Waals surface area contributed by atoms with E-state index in [0.717, 1.165) is 11.1 Å². The first kappa shape index (κ1) is 15.8. The zero-order valence-corrected chi connectivity index (χ0v) is 13.1. The zero-order valence-electron chi connectivity index (χ0n) is 12.3. The average Bonchev–Trinajstić information content (AvgIpc) is 2.93. The third kappa shape index (κ3) is 3.72. The molecular weight excluding hydrogens is 290 g/mol. The molecule has 114 valence electrons. The first-order valence-corrected chi connectivity index (χ1v) is 8.05. The molecule has 0 saturated heterocycles. The smallest absolute Gasteiger partial charge is 0.240 e. The van der Waals surface area contributed by atoms with E-state index in [1.807, 2.05) is 13.0 Å². The summed E-state index contributed by atoms with van der Waals surface area (Å²) >= 11 is 0. The summed E-state index contributed by atoms with van der Waals surface area (Å²) in [6.45, 7) is 3.82. The number of sulfonamides is 1. The maximum Gasteiger partial charge on any atom is 0.240 e. The highest BCUT2D eigenvalue weighted by Gasteiger charge is 2.20. The minimum Gasteiger partial charge on any atom is -0.467 e. The Bertz CT molecular complexity index is 692. The fourth-order valence-corrected chi connectivity index (χ4v) is 3.39. The summed E-state index contributed by atoms with van der Waals surface area (Å²) in [4.78, 5) is 0.280. The Morgan fingerprint density at radius 2 is 2.05 bits per heavy atom. The van der Waals surface area contributed by atoms with Gasteiger partial charge in [0.1, 0.15) is 11.9 Å². The summed E-state index contributed by atoms with van der Waals surface area (Å²) in [5.41, 5.74) is 1.74. The van der Waals surface area contributed by atoms with Crippen LogP contribution in [-0.2, 0) is 14.8 Å². The van der Waals surface area contributed by atoms with Crippen molar-refractivity contribution < 1.29 is 17.6 Å². The molecule has 0 radical (unpaired) electrons. The lowest BCUT2D eigenvalue weighted by Gasteiger charge is -2.15. The Balaban J connectivity index is 2.14. The summed E-state index contributed by atoms with van der Waals surface area (Å²) in [5.74, 6) is 0.584. The van der Waals surface area contributed by atoms with Gasteiger partial charge in [-0.2, -0.15) is 0 Å². The number of ether oxygens (including phenoxy) is 1. The Labute approximate surface area is 125 Å². The Kier molecular flexibility index (Phi) is 4.82. The van der Waals surface area contributed by atoms with Crippen LogP contribution in [0.15, 0.2) is 45.9 Å². The van der Waals surface area contributed by atoms with Crippen molar-refractivity contribution >= 4 is 10.0 Å². The number of rotatable bonds is 6. The molecule has 0 spiro atoms. The molecular formula is C15H19NO4S. The van der Waals surface area contributed by atoms with Gasteiger partial charge in [0.15, 0.2) is 0 Å². The van der Waals surface area contributed by atoms with Gasteiger partial charge in [0.2, 0.25) is 10.0 Å². The normalized spacial score (nSPS) is 13.3. The minimum absolute atomic E-state index is 0.111. The summed E-state index contributed by atoms with van der Waals surface area (Å²) < 4.78 is 37.8. The summed E-state index contributed by atoms with van der Waals surface area (Å²) in [6.07, 6.45) is 1.07. The molecule has 1 atom stereocenters. The van der Waals surface area contributed by atoms with Crippen LogP contribution in [0.5, 0.6) is 0 Å². The van der Waals surface area contributed by atoms with E-state index in [2.05, 4.69) is 4.72 Å². The molecule has 21 heavy (non-hydrogen) atoms. The van der Waals surface area contributed by atoms with Gasteiger partial charge in [-0.3, -0.25) is 0 Å². The molecule has 0 aliphatic heterocycles. The quantitative estimate of drug-likeness (QED) is 0.890. The third-order valence-electron chi connectivity index (χ3n) is 3.22. The molecule has 2 aromatic rings. The standard InChI is InChI=1S/C15H19NO4S/c1-11-6-7-15(12(2)9-11)21(17,18)16-10-14(19-3)13-5-4-8-20-13/h4-9,14,16H,10H2,1-3H3. The number of aryl methyl sites for hydroxylation is 2. The molecule has 0 amide bonds. The summed E-state index contributed by atoms with van der Waals surface area (Å²) in [5, 5.41) is 0. The Morgan fingerprint density at radius 1 is 1.29 bits per heavy atom. The van der Waals surface area contributed by atoms with Crippen LogP contribution in [0, 0.1) is 13.8 Å². The molecule has 1 N–H and O–H groups in total. The van der Waals surface area contributed by atoms with E-state index in [-0.39, 0.29) is 11.4 Å². The predicted molar refractivity (Wildman–Crippen MR) is 79.6 cm³/mol. The van der Waals surface area contributed by atoms with Crippen molar-refractivity contribution in [2.24, 2.45) is 0 Å². The van der Waals surface area contributed by atoms with Gasteiger partial charge in [-0.15, -0.1) is 0 Å². The first-order chi connectivity index (χ1) is 9.94. The molecule has 1 unspecified atom stereocenters.